The molecule has 0 fully saturated rings. The average molecular weight is 290 g/mol. The lowest BCUT2D eigenvalue weighted by atomic mass is 10.2. The van der Waals surface area contributed by atoms with E-state index in [0.29, 0.717) is 12.3 Å². The smallest absolute Gasteiger partial charge is 0.241 e. The van der Waals surface area contributed by atoms with Crippen LogP contribution in [0.5, 0.6) is 5.75 Å². The largest absolute Gasteiger partial charge is 0.487 e. The average Bonchev–Trinajstić information content (AvgIpc) is 2.90. The fourth-order valence-corrected chi connectivity index (χ4v) is 1.74. The van der Waals surface area contributed by atoms with Crippen LogP contribution in [0.15, 0.2) is 30.5 Å². The second-order valence-electron chi connectivity index (χ2n) is 4.59. The zero-order valence-corrected chi connectivity index (χ0v) is 11.8. The second-order valence-corrected chi connectivity index (χ2v) is 4.59. The van der Waals surface area contributed by atoms with Crippen LogP contribution in [0.1, 0.15) is 11.3 Å². The Hall–Kier alpha value is -2.41. The molecule has 21 heavy (non-hydrogen) atoms. The highest BCUT2D eigenvalue weighted by atomic mass is 16.5. The molecule has 7 heteroatoms. The number of aliphatic hydroxyl groups is 1. The molecule has 0 spiro atoms. The van der Waals surface area contributed by atoms with E-state index in [1.54, 1.807) is 6.20 Å². The van der Waals surface area contributed by atoms with Gasteiger partial charge in [0.15, 0.2) is 0 Å². The number of carbonyl (C=O) groups excluding carboxylic acids is 1. The van der Waals surface area contributed by atoms with Crippen molar-refractivity contribution in [2.24, 2.45) is 0 Å². The van der Waals surface area contributed by atoms with Crippen LogP contribution in [-0.4, -0.2) is 39.2 Å². The number of aliphatic hydroxyl groups excluding tert-OH is 1. The molecule has 0 radical (unpaired) electrons. The summed E-state index contributed by atoms with van der Waals surface area (Å²) in [6.07, 6.45) is 1.66. The summed E-state index contributed by atoms with van der Waals surface area (Å²) in [5, 5.41) is 19.0. The maximum atomic E-state index is 11.5. The molecule has 0 aliphatic rings. The van der Waals surface area contributed by atoms with Gasteiger partial charge in [0.1, 0.15) is 24.6 Å². The molecule has 0 aliphatic heterocycles. The summed E-state index contributed by atoms with van der Waals surface area (Å²) < 4.78 is 7.04. The van der Waals surface area contributed by atoms with Crippen LogP contribution in [-0.2, 0) is 17.9 Å². The van der Waals surface area contributed by atoms with E-state index in [9.17, 15) is 4.79 Å². The number of rotatable bonds is 7. The van der Waals surface area contributed by atoms with Crippen molar-refractivity contribution in [3.8, 4) is 5.75 Å². The molecule has 1 aromatic heterocycles. The molecule has 2 rings (SSSR count). The minimum absolute atomic E-state index is 0.0669. The number of ether oxygens (including phenoxy) is 1. The van der Waals surface area contributed by atoms with Gasteiger partial charge in [-0.05, 0) is 24.6 Å². The third kappa shape index (κ3) is 4.88. The van der Waals surface area contributed by atoms with Crippen LogP contribution in [0, 0.1) is 6.92 Å². The number of nitrogens with one attached hydrogen (secondary N) is 1. The first-order valence-electron chi connectivity index (χ1n) is 6.63. The maximum absolute atomic E-state index is 11.5. The highest BCUT2D eigenvalue weighted by molar-refractivity contribution is 5.75. The van der Waals surface area contributed by atoms with Gasteiger partial charge in [0.05, 0.1) is 12.8 Å². The monoisotopic (exact) mass is 290 g/mol. The minimum atomic E-state index is -0.222. The number of benzene rings is 1. The lowest BCUT2D eigenvalue weighted by molar-refractivity contribution is -0.122. The zero-order chi connectivity index (χ0) is 15.1. The molecule has 0 aliphatic carbocycles. The van der Waals surface area contributed by atoms with Crippen LogP contribution in [0.4, 0.5) is 0 Å². The summed E-state index contributed by atoms with van der Waals surface area (Å²) in [6.45, 7) is 2.50. The predicted molar refractivity (Wildman–Crippen MR) is 75.6 cm³/mol. The quantitative estimate of drug-likeness (QED) is 0.764. The van der Waals surface area contributed by atoms with Crippen molar-refractivity contribution >= 4 is 5.91 Å². The topological polar surface area (TPSA) is 89.3 Å². The molecule has 112 valence electrons. The molecule has 2 N–H and O–H groups in total. The molecule has 7 nitrogen and oxygen atoms in total. The number of nitrogens with zero attached hydrogens (tertiary/aromatic N) is 3. The molecule has 0 saturated carbocycles. The van der Waals surface area contributed by atoms with Crippen LogP contribution < -0.4 is 10.1 Å². The van der Waals surface area contributed by atoms with Crippen molar-refractivity contribution < 1.29 is 14.6 Å². The van der Waals surface area contributed by atoms with Crippen LogP contribution in [0.25, 0.3) is 0 Å². The first kappa shape index (κ1) is 15.0. The Morgan fingerprint density at radius 1 is 1.48 bits per heavy atom. The molecule has 2 aromatic rings. The van der Waals surface area contributed by atoms with Crippen molar-refractivity contribution in [3.05, 3.63) is 41.7 Å². The van der Waals surface area contributed by atoms with Gasteiger partial charge in [0.2, 0.25) is 5.91 Å². The summed E-state index contributed by atoms with van der Waals surface area (Å²) in [5.74, 6) is 0.547. The SMILES string of the molecule is Cc1cccc(OCc2cn(CC(=O)NCCO)nn2)c1. The van der Waals surface area contributed by atoms with Gasteiger partial charge in [-0.25, -0.2) is 4.68 Å². The summed E-state index contributed by atoms with van der Waals surface area (Å²) in [7, 11) is 0. The molecule has 1 aromatic carbocycles. The number of aryl methyl sites for hydroxylation is 1. The van der Waals surface area contributed by atoms with Gasteiger partial charge in [-0.15, -0.1) is 5.10 Å². The standard InChI is InChI=1S/C14H18N4O3/c1-11-3-2-4-13(7-11)21-10-12-8-18(17-16-12)9-14(20)15-5-6-19/h2-4,7-8,19H,5-6,9-10H2,1H3,(H,15,20). The van der Waals surface area contributed by atoms with E-state index in [1.807, 2.05) is 31.2 Å². The van der Waals surface area contributed by atoms with Gasteiger partial charge >= 0.3 is 0 Å². The van der Waals surface area contributed by atoms with Gasteiger partial charge in [-0.3, -0.25) is 4.79 Å². The predicted octanol–water partition coefficient (Wildman–Crippen LogP) is 0.274. The second kappa shape index (κ2) is 7.39. The van der Waals surface area contributed by atoms with Crippen LogP contribution in [0.3, 0.4) is 0 Å². The number of hydrogen-bond donors (Lipinski definition) is 2. The van der Waals surface area contributed by atoms with Crippen molar-refractivity contribution in [1.29, 1.82) is 0 Å². The fraction of sp³-hybridized carbons (Fsp3) is 0.357. The van der Waals surface area contributed by atoms with Gasteiger partial charge in [0, 0.05) is 6.54 Å². The van der Waals surface area contributed by atoms with E-state index >= 15 is 0 Å². The molecule has 1 amide bonds. The number of aromatic nitrogens is 3. The van der Waals surface area contributed by atoms with E-state index in [2.05, 4.69) is 15.6 Å². The number of carbonyl (C=O) groups is 1. The number of hydrogen-bond acceptors (Lipinski definition) is 5. The van der Waals surface area contributed by atoms with E-state index < -0.39 is 0 Å². The normalized spacial score (nSPS) is 10.4. The number of amides is 1. The van der Waals surface area contributed by atoms with E-state index in [-0.39, 0.29) is 25.6 Å². The lowest BCUT2D eigenvalue weighted by Crippen LogP contribution is -2.30. The minimum Gasteiger partial charge on any atom is -0.487 e. The molecular weight excluding hydrogens is 272 g/mol. The summed E-state index contributed by atoms with van der Waals surface area (Å²) in [5.41, 5.74) is 1.77. The zero-order valence-electron chi connectivity index (χ0n) is 11.8. The summed E-state index contributed by atoms with van der Waals surface area (Å²) in [4.78, 5) is 11.5. The van der Waals surface area contributed by atoms with Gasteiger partial charge in [-0.1, -0.05) is 17.3 Å². The molecule has 0 unspecified atom stereocenters. The highest BCUT2D eigenvalue weighted by Crippen LogP contribution is 2.13. The van der Waals surface area contributed by atoms with E-state index in [1.165, 1.54) is 4.68 Å². The first-order chi connectivity index (χ1) is 10.2. The van der Waals surface area contributed by atoms with Crippen molar-refractivity contribution in [2.75, 3.05) is 13.2 Å². The highest BCUT2D eigenvalue weighted by Gasteiger charge is 2.06. The molecule has 0 atom stereocenters. The third-order valence-electron chi connectivity index (χ3n) is 2.70. The summed E-state index contributed by atoms with van der Waals surface area (Å²) >= 11 is 0. The van der Waals surface area contributed by atoms with Crippen LogP contribution in [0.2, 0.25) is 0 Å². The molecular formula is C14H18N4O3. The molecule has 0 saturated heterocycles. The Balaban J connectivity index is 1.84. The van der Waals surface area contributed by atoms with Crippen molar-refractivity contribution in [3.63, 3.8) is 0 Å². The summed E-state index contributed by atoms with van der Waals surface area (Å²) in [6, 6.07) is 7.73. The Morgan fingerprint density at radius 2 is 2.33 bits per heavy atom. The Kier molecular flexibility index (Phi) is 5.28. The maximum Gasteiger partial charge on any atom is 0.241 e. The molecule has 0 bridgehead atoms. The van der Waals surface area contributed by atoms with E-state index in [4.69, 9.17) is 9.84 Å². The molecule has 1 heterocycles. The third-order valence-corrected chi connectivity index (χ3v) is 2.70. The van der Waals surface area contributed by atoms with Gasteiger partial charge in [0.25, 0.3) is 0 Å². The van der Waals surface area contributed by atoms with Crippen molar-refractivity contribution in [2.45, 2.75) is 20.1 Å². The van der Waals surface area contributed by atoms with Gasteiger partial charge < -0.3 is 15.2 Å². The van der Waals surface area contributed by atoms with E-state index in [0.717, 1.165) is 11.3 Å². The van der Waals surface area contributed by atoms with Crippen molar-refractivity contribution in [1.82, 2.24) is 20.3 Å². The first-order valence-corrected chi connectivity index (χ1v) is 6.63. The fourth-order valence-electron chi connectivity index (χ4n) is 1.74. The Morgan fingerprint density at radius 3 is 3.10 bits per heavy atom. The van der Waals surface area contributed by atoms with Gasteiger partial charge in [-0.2, -0.15) is 0 Å². The lowest BCUT2D eigenvalue weighted by Gasteiger charge is -2.04. The Labute approximate surface area is 122 Å². The Bertz CT molecular complexity index is 597. The van der Waals surface area contributed by atoms with Crippen LogP contribution >= 0.6 is 0 Å².